The molecule has 1 aromatic carbocycles. The number of ether oxygens (including phenoxy) is 1. The van der Waals surface area contributed by atoms with Gasteiger partial charge in [0.1, 0.15) is 0 Å². The van der Waals surface area contributed by atoms with Crippen LogP contribution >= 0.6 is 11.8 Å². The molecule has 5 nitrogen and oxygen atoms in total. The minimum Gasteiger partial charge on any atom is -0.490 e. The highest BCUT2D eigenvalue weighted by molar-refractivity contribution is 8.00. The van der Waals surface area contributed by atoms with Crippen LogP contribution in [0.25, 0.3) is 0 Å². The zero-order valence-corrected chi connectivity index (χ0v) is 11.2. The van der Waals surface area contributed by atoms with Crippen LogP contribution in [0.15, 0.2) is 18.2 Å². The number of rotatable bonds is 4. The third-order valence-electron chi connectivity index (χ3n) is 2.94. The monoisotopic (exact) mass is 268 g/mol. The molecule has 1 aliphatic heterocycles. The summed E-state index contributed by atoms with van der Waals surface area (Å²) in [4.78, 5) is 10.5. The highest BCUT2D eigenvalue weighted by Gasteiger charge is 2.22. The number of thioether (sulfide) groups is 1. The molecule has 2 atom stereocenters. The van der Waals surface area contributed by atoms with E-state index in [0.717, 1.165) is 17.9 Å². The number of methoxy groups -OCH3 is 1. The highest BCUT2D eigenvalue weighted by atomic mass is 32.2. The van der Waals surface area contributed by atoms with E-state index in [1.807, 2.05) is 17.8 Å². The molecule has 0 spiro atoms. The molecule has 18 heavy (non-hydrogen) atoms. The number of nitrogens with zero attached hydrogens (tertiary/aromatic N) is 1. The molecule has 1 saturated heterocycles. The second kappa shape index (κ2) is 5.48. The Balaban J connectivity index is 2.14. The SMILES string of the molecule is COc1ccc(NC2CSC(C)C2)cc1[N+](=O)[O-]. The van der Waals surface area contributed by atoms with Crippen LogP contribution in [0.5, 0.6) is 5.75 Å². The number of anilines is 1. The van der Waals surface area contributed by atoms with E-state index in [2.05, 4.69) is 12.2 Å². The average Bonchev–Trinajstić information content (AvgIpc) is 2.74. The summed E-state index contributed by atoms with van der Waals surface area (Å²) in [6, 6.07) is 5.37. The van der Waals surface area contributed by atoms with E-state index in [1.165, 1.54) is 13.2 Å². The van der Waals surface area contributed by atoms with Gasteiger partial charge < -0.3 is 10.1 Å². The second-order valence-electron chi connectivity index (χ2n) is 4.36. The number of nitro groups is 1. The highest BCUT2D eigenvalue weighted by Crippen LogP contribution is 2.32. The van der Waals surface area contributed by atoms with E-state index >= 15 is 0 Å². The summed E-state index contributed by atoms with van der Waals surface area (Å²) in [6.07, 6.45) is 1.09. The van der Waals surface area contributed by atoms with Gasteiger partial charge in [0.2, 0.25) is 0 Å². The van der Waals surface area contributed by atoms with Gasteiger partial charge in [0.15, 0.2) is 5.75 Å². The normalized spacial score (nSPS) is 22.8. The van der Waals surface area contributed by atoms with Crippen LogP contribution in [0, 0.1) is 10.1 Å². The number of nitrogens with one attached hydrogen (secondary N) is 1. The standard InChI is InChI=1S/C12H16N2O3S/c1-8-5-10(7-18-8)13-9-3-4-12(17-2)11(6-9)14(15)16/h3-4,6,8,10,13H,5,7H2,1-2H3. The van der Waals surface area contributed by atoms with Gasteiger partial charge in [-0.2, -0.15) is 11.8 Å². The van der Waals surface area contributed by atoms with Crippen molar-refractivity contribution in [1.29, 1.82) is 0 Å². The predicted octanol–water partition coefficient (Wildman–Crippen LogP) is 2.91. The fraction of sp³-hybridized carbons (Fsp3) is 0.500. The third-order valence-corrected chi connectivity index (χ3v) is 4.30. The van der Waals surface area contributed by atoms with Gasteiger partial charge in [0.05, 0.1) is 12.0 Å². The molecule has 0 aromatic heterocycles. The van der Waals surface area contributed by atoms with Crippen LogP contribution < -0.4 is 10.1 Å². The van der Waals surface area contributed by atoms with Gasteiger partial charge in [-0.15, -0.1) is 0 Å². The Morgan fingerprint density at radius 1 is 1.56 bits per heavy atom. The Hall–Kier alpha value is -1.43. The quantitative estimate of drug-likeness (QED) is 0.672. The first kappa shape index (κ1) is 13.0. The van der Waals surface area contributed by atoms with Crippen LogP contribution in [-0.2, 0) is 0 Å². The molecule has 98 valence electrons. The lowest BCUT2D eigenvalue weighted by atomic mass is 10.2. The van der Waals surface area contributed by atoms with Crippen molar-refractivity contribution in [2.24, 2.45) is 0 Å². The summed E-state index contributed by atoms with van der Waals surface area (Å²) in [5.74, 6) is 1.33. The fourth-order valence-electron chi connectivity index (χ4n) is 2.08. The molecule has 0 saturated carbocycles. The maximum absolute atomic E-state index is 10.9. The smallest absolute Gasteiger partial charge is 0.312 e. The van der Waals surface area contributed by atoms with E-state index in [4.69, 9.17) is 4.74 Å². The van der Waals surface area contributed by atoms with Crippen LogP contribution in [-0.4, -0.2) is 29.1 Å². The molecule has 1 aromatic rings. The zero-order chi connectivity index (χ0) is 13.1. The van der Waals surface area contributed by atoms with Gasteiger partial charge in [-0.05, 0) is 18.6 Å². The summed E-state index contributed by atoms with van der Waals surface area (Å²) in [5, 5.41) is 14.9. The van der Waals surface area contributed by atoms with Gasteiger partial charge in [0.25, 0.3) is 0 Å². The first-order chi connectivity index (χ1) is 8.60. The van der Waals surface area contributed by atoms with Crippen molar-refractivity contribution in [3.8, 4) is 5.75 Å². The molecule has 2 unspecified atom stereocenters. The molecular formula is C12H16N2O3S. The van der Waals surface area contributed by atoms with Crippen molar-refractivity contribution in [3.05, 3.63) is 28.3 Å². The zero-order valence-electron chi connectivity index (χ0n) is 10.4. The Kier molecular flexibility index (Phi) is 3.96. The number of nitro benzene ring substituents is 1. The molecule has 1 fully saturated rings. The minimum absolute atomic E-state index is 0.00111. The maximum atomic E-state index is 10.9. The maximum Gasteiger partial charge on any atom is 0.312 e. The second-order valence-corrected chi connectivity index (χ2v) is 5.84. The number of benzene rings is 1. The van der Waals surface area contributed by atoms with E-state index in [9.17, 15) is 10.1 Å². The summed E-state index contributed by atoms with van der Waals surface area (Å²) < 4.78 is 4.98. The molecule has 0 amide bonds. The number of hydrogen-bond acceptors (Lipinski definition) is 5. The van der Waals surface area contributed by atoms with Gasteiger partial charge in [-0.3, -0.25) is 10.1 Å². The lowest BCUT2D eigenvalue weighted by Gasteiger charge is -2.13. The predicted molar refractivity (Wildman–Crippen MR) is 73.6 cm³/mol. The Bertz CT molecular complexity index is 453. The third kappa shape index (κ3) is 2.87. The van der Waals surface area contributed by atoms with Crippen LogP contribution in [0.4, 0.5) is 11.4 Å². The lowest BCUT2D eigenvalue weighted by Crippen LogP contribution is -2.18. The van der Waals surface area contributed by atoms with Crippen molar-refractivity contribution < 1.29 is 9.66 Å². The van der Waals surface area contributed by atoms with Crippen LogP contribution in [0.3, 0.4) is 0 Å². The van der Waals surface area contributed by atoms with Gasteiger partial charge in [0, 0.05) is 28.8 Å². The summed E-state index contributed by atoms with van der Waals surface area (Å²) in [7, 11) is 1.44. The van der Waals surface area contributed by atoms with Gasteiger partial charge in [-0.25, -0.2) is 0 Å². The van der Waals surface area contributed by atoms with E-state index < -0.39 is 4.92 Å². The lowest BCUT2D eigenvalue weighted by molar-refractivity contribution is -0.385. The summed E-state index contributed by atoms with van der Waals surface area (Å²) in [6.45, 7) is 2.20. The molecule has 6 heteroatoms. The van der Waals surface area contributed by atoms with E-state index in [-0.39, 0.29) is 5.69 Å². The Labute approximate surface area is 110 Å². The van der Waals surface area contributed by atoms with Crippen LogP contribution in [0.2, 0.25) is 0 Å². The molecule has 0 aliphatic carbocycles. The van der Waals surface area contributed by atoms with Crippen molar-refractivity contribution in [2.45, 2.75) is 24.6 Å². The average molecular weight is 268 g/mol. The summed E-state index contributed by atoms with van der Waals surface area (Å²) >= 11 is 1.92. The largest absolute Gasteiger partial charge is 0.490 e. The number of hydrogen-bond donors (Lipinski definition) is 1. The molecule has 1 N–H and O–H groups in total. The van der Waals surface area contributed by atoms with E-state index in [0.29, 0.717) is 17.0 Å². The van der Waals surface area contributed by atoms with Gasteiger partial charge >= 0.3 is 5.69 Å². The fourth-order valence-corrected chi connectivity index (χ4v) is 3.22. The Morgan fingerprint density at radius 3 is 2.89 bits per heavy atom. The minimum atomic E-state index is -0.421. The van der Waals surface area contributed by atoms with Gasteiger partial charge in [-0.1, -0.05) is 6.92 Å². The van der Waals surface area contributed by atoms with E-state index in [1.54, 1.807) is 6.07 Å². The molecule has 2 rings (SSSR count). The van der Waals surface area contributed by atoms with Crippen molar-refractivity contribution in [3.63, 3.8) is 0 Å². The summed E-state index contributed by atoms with van der Waals surface area (Å²) in [5.41, 5.74) is 0.781. The topological polar surface area (TPSA) is 64.4 Å². The molecule has 0 radical (unpaired) electrons. The first-order valence-electron chi connectivity index (χ1n) is 5.80. The van der Waals surface area contributed by atoms with Crippen molar-refractivity contribution in [2.75, 3.05) is 18.2 Å². The molecule has 1 heterocycles. The molecule has 1 aliphatic rings. The Morgan fingerprint density at radius 2 is 2.33 bits per heavy atom. The molecular weight excluding hydrogens is 252 g/mol. The first-order valence-corrected chi connectivity index (χ1v) is 6.85. The van der Waals surface area contributed by atoms with Crippen LogP contribution in [0.1, 0.15) is 13.3 Å². The molecule has 0 bridgehead atoms. The van der Waals surface area contributed by atoms with Crippen molar-refractivity contribution >= 4 is 23.1 Å². The van der Waals surface area contributed by atoms with Crippen molar-refractivity contribution in [1.82, 2.24) is 0 Å².